The molecular formula is C21H20FN5O2S. The molecule has 2 aromatic carbocycles. The molecule has 0 fully saturated rings. The average molecular weight is 425 g/mol. The van der Waals surface area contributed by atoms with Gasteiger partial charge in [-0.15, -0.1) is 10.2 Å². The lowest BCUT2D eigenvalue weighted by atomic mass is 10.1. The van der Waals surface area contributed by atoms with Crippen LogP contribution in [0.4, 0.5) is 4.39 Å². The quantitative estimate of drug-likeness (QED) is 0.460. The van der Waals surface area contributed by atoms with E-state index in [0.29, 0.717) is 21.8 Å². The molecule has 1 atom stereocenters. The van der Waals surface area contributed by atoms with Gasteiger partial charge in [-0.05, 0) is 36.8 Å². The summed E-state index contributed by atoms with van der Waals surface area (Å²) in [7, 11) is 3.37. The molecule has 0 saturated carbocycles. The molecule has 154 valence electrons. The molecule has 7 nitrogen and oxygen atoms in total. The molecule has 0 aliphatic rings. The number of hydrogen-bond donors (Lipinski definition) is 0. The minimum atomic E-state index is -0.309. The third-order valence-electron chi connectivity index (χ3n) is 5.25. The fraction of sp³-hybridized carbons (Fsp3) is 0.238. The predicted molar refractivity (Wildman–Crippen MR) is 114 cm³/mol. The van der Waals surface area contributed by atoms with Gasteiger partial charge >= 0.3 is 0 Å². The van der Waals surface area contributed by atoms with Gasteiger partial charge in [0.05, 0.1) is 22.7 Å². The molecule has 30 heavy (non-hydrogen) atoms. The van der Waals surface area contributed by atoms with E-state index in [1.165, 1.54) is 28.5 Å². The number of aromatic nitrogens is 4. The number of amides is 1. The second-order valence-electron chi connectivity index (χ2n) is 7.02. The van der Waals surface area contributed by atoms with E-state index < -0.39 is 0 Å². The minimum absolute atomic E-state index is 0.0947. The molecule has 0 N–H and O–H groups in total. The number of rotatable bonds is 5. The summed E-state index contributed by atoms with van der Waals surface area (Å²) in [6.45, 7) is 1.89. The molecule has 1 unspecified atom stereocenters. The fourth-order valence-electron chi connectivity index (χ4n) is 3.31. The lowest BCUT2D eigenvalue weighted by molar-refractivity contribution is -0.128. The van der Waals surface area contributed by atoms with E-state index in [1.54, 1.807) is 41.6 Å². The zero-order chi connectivity index (χ0) is 21.4. The third kappa shape index (κ3) is 3.45. The van der Waals surface area contributed by atoms with Crippen LogP contribution in [0.2, 0.25) is 0 Å². The highest BCUT2D eigenvalue weighted by molar-refractivity contribution is 7.99. The smallest absolute Gasteiger partial charge is 0.262 e. The topological polar surface area (TPSA) is 72.5 Å². The first-order valence-electron chi connectivity index (χ1n) is 9.35. The van der Waals surface area contributed by atoms with E-state index in [-0.39, 0.29) is 29.1 Å². The Hall–Kier alpha value is -3.20. The van der Waals surface area contributed by atoms with Gasteiger partial charge in [-0.3, -0.25) is 18.6 Å². The van der Waals surface area contributed by atoms with Crippen LogP contribution >= 0.6 is 11.8 Å². The van der Waals surface area contributed by atoms with Crippen molar-refractivity contribution in [1.82, 2.24) is 24.1 Å². The van der Waals surface area contributed by atoms with Crippen molar-refractivity contribution in [1.29, 1.82) is 0 Å². The van der Waals surface area contributed by atoms with Gasteiger partial charge in [0, 0.05) is 14.1 Å². The van der Waals surface area contributed by atoms with Gasteiger partial charge in [-0.25, -0.2) is 4.39 Å². The Morgan fingerprint density at radius 1 is 1.17 bits per heavy atom. The zero-order valence-electron chi connectivity index (χ0n) is 16.7. The van der Waals surface area contributed by atoms with Crippen LogP contribution in [-0.2, 0) is 11.8 Å². The number of aryl methyl sites for hydroxylation is 1. The summed E-state index contributed by atoms with van der Waals surface area (Å²) in [6, 6.07) is 13.2. The SMILES string of the molecule is CC(c1ccc(F)cc1)N(C)C(=O)CSc1nnc2n(C)c(=O)c3ccccc3n12. The highest BCUT2D eigenvalue weighted by atomic mass is 32.2. The predicted octanol–water partition coefficient (Wildman–Crippen LogP) is 3.03. The van der Waals surface area contributed by atoms with Crippen molar-refractivity contribution in [3.63, 3.8) is 0 Å². The van der Waals surface area contributed by atoms with E-state index in [9.17, 15) is 14.0 Å². The van der Waals surface area contributed by atoms with Crippen LogP contribution in [-0.4, -0.2) is 42.8 Å². The maximum Gasteiger partial charge on any atom is 0.262 e. The Bertz CT molecular complexity index is 1300. The lowest BCUT2D eigenvalue weighted by Crippen LogP contribution is -2.31. The van der Waals surface area contributed by atoms with Crippen molar-refractivity contribution < 1.29 is 9.18 Å². The molecule has 9 heteroatoms. The summed E-state index contributed by atoms with van der Waals surface area (Å²) in [6.07, 6.45) is 0. The van der Waals surface area contributed by atoms with Gasteiger partial charge in [-0.2, -0.15) is 0 Å². The maximum absolute atomic E-state index is 13.2. The number of hydrogen-bond acceptors (Lipinski definition) is 5. The third-order valence-corrected chi connectivity index (χ3v) is 6.16. The summed E-state index contributed by atoms with van der Waals surface area (Å²) < 4.78 is 16.4. The van der Waals surface area contributed by atoms with E-state index in [2.05, 4.69) is 10.2 Å². The molecule has 2 heterocycles. The van der Waals surface area contributed by atoms with E-state index in [0.717, 1.165) is 5.56 Å². The first-order chi connectivity index (χ1) is 14.4. The summed E-state index contributed by atoms with van der Waals surface area (Å²) in [5.74, 6) is 0.167. The number of fused-ring (bicyclic) bond motifs is 3. The molecule has 0 aliphatic carbocycles. The second kappa shape index (κ2) is 7.91. The molecule has 4 rings (SSSR count). The Morgan fingerprint density at radius 3 is 2.60 bits per heavy atom. The molecule has 0 bridgehead atoms. The lowest BCUT2D eigenvalue weighted by Gasteiger charge is -2.25. The normalized spacial score (nSPS) is 12.4. The van der Waals surface area contributed by atoms with E-state index in [1.807, 2.05) is 25.1 Å². The number of carbonyl (C=O) groups excluding carboxylic acids is 1. The Kier molecular flexibility index (Phi) is 5.29. The summed E-state index contributed by atoms with van der Waals surface area (Å²) in [5, 5.41) is 9.43. The number of para-hydroxylation sites is 1. The molecule has 1 amide bonds. The van der Waals surface area contributed by atoms with Crippen molar-refractivity contribution >= 4 is 34.3 Å². The van der Waals surface area contributed by atoms with Gasteiger partial charge in [0.2, 0.25) is 11.7 Å². The first-order valence-corrected chi connectivity index (χ1v) is 10.3. The van der Waals surface area contributed by atoms with Crippen LogP contribution in [0.15, 0.2) is 58.5 Å². The number of nitrogens with zero attached hydrogens (tertiary/aromatic N) is 5. The average Bonchev–Trinajstić information content (AvgIpc) is 3.19. The van der Waals surface area contributed by atoms with Crippen molar-refractivity contribution in [2.24, 2.45) is 7.05 Å². The Morgan fingerprint density at radius 2 is 1.87 bits per heavy atom. The van der Waals surface area contributed by atoms with Crippen molar-refractivity contribution in [2.75, 3.05) is 12.8 Å². The van der Waals surface area contributed by atoms with Crippen LogP contribution in [0.3, 0.4) is 0 Å². The molecule has 0 spiro atoms. The van der Waals surface area contributed by atoms with Crippen LogP contribution in [0.1, 0.15) is 18.5 Å². The van der Waals surface area contributed by atoms with Gasteiger partial charge in [0.25, 0.3) is 5.56 Å². The maximum atomic E-state index is 13.2. The van der Waals surface area contributed by atoms with Crippen LogP contribution in [0, 0.1) is 5.82 Å². The standard InChI is InChI=1S/C21H20FN5O2S/c1-13(14-8-10-15(22)11-9-14)25(2)18(28)12-30-21-24-23-20-26(3)19(29)16-6-4-5-7-17(16)27(20)21/h4-11,13H,12H2,1-3H3. The monoisotopic (exact) mass is 425 g/mol. The number of benzene rings is 2. The van der Waals surface area contributed by atoms with Crippen LogP contribution in [0.25, 0.3) is 16.7 Å². The molecule has 4 aromatic rings. The van der Waals surface area contributed by atoms with Crippen molar-refractivity contribution in [3.05, 3.63) is 70.3 Å². The highest BCUT2D eigenvalue weighted by Gasteiger charge is 2.20. The molecule has 0 aliphatic heterocycles. The van der Waals surface area contributed by atoms with Crippen LogP contribution < -0.4 is 5.56 Å². The Labute approximate surface area is 176 Å². The summed E-state index contributed by atoms with van der Waals surface area (Å²) in [5.41, 5.74) is 1.40. The summed E-state index contributed by atoms with van der Waals surface area (Å²) in [4.78, 5) is 26.9. The number of thioether (sulfide) groups is 1. The Balaban J connectivity index is 1.58. The molecule has 0 saturated heterocycles. The van der Waals surface area contributed by atoms with Gasteiger partial charge < -0.3 is 4.90 Å². The van der Waals surface area contributed by atoms with Crippen LogP contribution in [0.5, 0.6) is 0 Å². The highest BCUT2D eigenvalue weighted by Crippen LogP contribution is 2.24. The fourth-order valence-corrected chi connectivity index (χ4v) is 4.18. The van der Waals surface area contributed by atoms with Gasteiger partial charge in [-0.1, -0.05) is 36.0 Å². The van der Waals surface area contributed by atoms with Crippen molar-refractivity contribution in [3.8, 4) is 0 Å². The second-order valence-corrected chi connectivity index (χ2v) is 7.96. The minimum Gasteiger partial charge on any atom is -0.338 e. The number of carbonyl (C=O) groups is 1. The van der Waals surface area contributed by atoms with Crippen molar-refractivity contribution in [2.45, 2.75) is 18.1 Å². The zero-order valence-corrected chi connectivity index (χ0v) is 17.6. The molecule has 2 aromatic heterocycles. The first kappa shape index (κ1) is 20.1. The number of halogens is 1. The summed E-state index contributed by atoms with van der Waals surface area (Å²) >= 11 is 1.26. The van der Waals surface area contributed by atoms with E-state index in [4.69, 9.17) is 0 Å². The molecule has 0 radical (unpaired) electrons. The van der Waals surface area contributed by atoms with E-state index >= 15 is 0 Å². The van der Waals surface area contributed by atoms with Gasteiger partial charge in [0.1, 0.15) is 5.82 Å². The largest absolute Gasteiger partial charge is 0.338 e. The van der Waals surface area contributed by atoms with Gasteiger partial charge in [0.15, 0.2) is 5.16 Å². The molecular weight excluding hydrogens is 405 g/mol.